The van der Waals surface area contributed by atoms with Crippen molar-refractivity contribution in [3.63, 3.8) is 0 Å². The van der Waals surface area contributed by atoms with Crippen molar-refractivity contribution in [1.82, 2.24) is 4.90 Å². The van der Waals surface area contributed by atoms with Gasteiger partial charge in [-0.2, -0.15) is 0 Å². The van der Waals surface area contributed by atoms with Crippen LogP contribution in [0.25, 0.3) is 0 Å². The first-order valence-electron chi connectivity index (χ1n) is 6.07. The van der Waals surface area contributed by atoms with Crippen molar-refractivity contribution < 1.29 is 4.74 Å². The number of hydrogen-bond donors (Lipinski definition) is 1. The molecule has 3 nitrogen and oxygen atoms in total. The summed E-state index contributed by atoms with van der Waals surface area (Å²) in [7, 11) is 1.83. The Bertz CT molecular complexity index is 186. The first kappa shape index (κ1) is 12.9. The smallest absolute Gasteiger partial charge is 0.0777 e. The second-order valence-corrected chi connectivity index (χ2v) is 5.18. The van der Waals surface area contributed by atoms with Crippen molar-refractivity contribution >= 4 is 0 Å². The molecule has 90 valence electrons. The molecule has 0 radical (unpaired) electrons. The molecule has 0 aromatic carbocycles. The van der Waals surface area contributed by atoms with Crippen molar-refractivity contribution in [1.29, 1.82) is 0 Å². The molecule has 0 spiro atoms. The van der Waals surface area contributed by atoms with Gasteiger partial charge in [0.2, 0.25) is 0 Å². The zero-order valence-electron chi connectivity index (χ0n) is 10.5. The van der Waals surface area contributed by atoms with Gasteiger partial charge in [0, 0.05) is 20.2 Å². The van der Waals surface area contributed by atoms with E-state index in [0.717, 1.165) is 26.1 Å². The molecule has 2 atom stereocenters. The lowest BCUT2D eigenvalue weighted by Gasteiger charge is -2.40. The number of nitrogens with zero attached hydrogens (tertiary/aromatic N) is 1. The second kappa shape index (κ2) is 5.83. The minimum atomic E-state index is 0.0701. The Morgan fingerprint density at radius 1 is 1.53 bits per heavy atom. The highest BCUT2D eigenvalue weighted by Crippen LogP contribution is 2.24. The highest BCUT2D eigenvalue weighted by Gasteiger charge is 2.30. The second-order valence-electron chi connectivity index (χ2n) is 5.18. The minimum absolute atomic E-state index is 0.0701. The molecule has 3 heteroatoms. The van der Waals surface area contributed by atoms with Crippen LogP contribution in [0.3, 0.4) is 0 Å². The number of piperidine rings is 1. The van der Waals surface area contributed by atoms with Crippen LogP contribution in [0, 0.1) is 5.92 Å². The number of rotatable bonds is 5. The molecule has 0 amide bonds. The Morgan fingerprint density at radius 3 is 2.87 bits per heavy atom. The number of hydrogen-bond acceptors (Lipinski definition) is 3. The molecular formula is C12H26N2O. The summed E-state index contributed by atoms with van der Waals surface area (Å²) >= 11 is 0. The molecule has 1 fully saturated rings. The van der Waals surface area contributed by atoms with Crippen molar-refractivity contribution in [2.45, 2.75) is 38.7 Å². The maximum absolute atomic E-state index is 5.58. The average molecular weight is 214 g/mol. The molecule has 1 saturated heterocycles. The summed E-state index contributed by atoms with van der Waals surface area (Å²) in [5.41, 5.74) is 5.64. The van der Waals surface area contributed by atoms with E-state index in [1.165, 1.54) is 19.4 Å². The number of methoxy groups -OCH3 is 1. The van der Waals surface area contributed by atoms with Gasteiger partial charge in [-0.3, -0.25) is 0 Å². The third-order valence-corrected chi connectivity index (χ3v) is 3.46. The predicted octanol–water partition coefficient (Wildman–Crippen LogP) is 1.47. The van der Waals surface area contributed by atoms with Crippen LogP contribution in [0.15, 0.2) is 0 Å². The van der Waals surface area contributed by atoms with E-state index in [9.17, 15) is 0 Å². The van der Waals surface area contributed by atoms with Gasteiger partial charge >= 0.3 is 0 Å². The first-order chi connectivity index (χ1) is 7.09. The van der Waals surface area contributed by atoms with Gasteiger partial charge in [0.25, 0.3) is 0 Å². The molecule has 0 aliphatic carbocycles. The molecule has 0 bridgehead atoms. The van der Waals surface area contributed by atoms with Gasteiger partial charge in [-0.25, -0.2) is 0 Å². The van der Waals surface area contributed by atoms with Crippen LogP contribution in [0.1, 0.15) is 33.1 Å². The SMILES string of the molecule is COC1(C)CCCN(CC(C)CCN)C1. The van der Waals surface area contributed by atoms with E-state index in [2.05, 4.69) is 18.7 Å². The van der Waals surface area contributed by atoms with Crippen LogP contribution in [0.5, 0.6) is 0 Å². The summed E-state index contributed by atoms with van der Waals surface area (Å²) in [5.74, 6) is 0.703. The summed E-state index contributed by atoms with van der Waals surface area (Å²) in [5, 5.41) is 0. The lowest BCUT2D eigenvalue weighted by atomic mass is 9.93. The van der Waals surface area contributed by atoms with Gasteiger partial charge in [0.05, 0.1) is 5.60 Å². The number of nitrogens with two attached hydrogens (primary N) is 1. The third-order valence-electron chi connectivity index (χ3n) is 3.46. The van der Waals surface area contributed by atoms with Crippen LogP contribution in [0.2, 0.25) is 0 Å². The zero-order chi connectivity index (χ0) is 11.3. The molecular weight excluding hydrogens is 188 g/mol. The molecule has 2 N–H and O–H groups in total. The summed E-state index contributed by atoms with van der Waals surface area (Å²) in [6, 6.07) is 0. The van der Waals surface area contributed by atoms with Crippen molar-refractivity contribution in [2.24, 2.45) is 11.7 Å². The topological polar surface area (TPSA) is 38.5 Å². The van der Waals surface area contributed by atoms with Crippen LogP contribution >= 0.6 is 0 Å². The van der Waals surface area contributed by atoms with Crippen LogP contribution < -0.4 is 5.73 Å². The van der Waals surface area contributed by atoms with Crippen LogP contribution in [-0.4, -0.2) is 43.8 Å². The maximum atomic E-state index is 5.58. The van der Waals surface area contributed by atoms with Crippen molar-refractivity contribution in [2.75, 3.05) is 33.3 Å². The normalized spacial score (nSPS) is 30.4. The van der Waals surface area contributed by atoms with E-state index in [-0.39, 0.29) is 5.60 Å². The maximum Gasteiger partial charge on any atom is 0.0777 e. The fourth-order valence-electron chi connectivity index (χ4n) is 2.45. The predicted molar refractivity (Wildman–Crippen MR) is 63.9 cm³/mol. The highest BCUT2D eigenvalue weighted by molar-refractivity contribution is 4.85. The molecule has 0 saturated carbocycles. The largest absolute Gasteiger partial charge is 0.377 e. The number of ether oxygens (including phenoxy) is 1. The van der Waals surface area contributed by atoms with Gasteiger partial charge in [-0.1, -0.05) is 6.92 Å². The fraction of sp³-hybridized carbons (Fsp3) is 1.00. The summed E-state index contributed by atoms with van der Waals surface area (Å²) < 4.78 is 5.58. The molecule has 0 aromatic heterocycles. The molecule has 1 heterocycles. The van der Waals surface area contributed by atoms with Crippen LogP contribution in [0.4, 0.5) is 0 Å². The Labute approximate surface area is 94.0 Å². The Kier molecular flexibility index (Phi) is 5.03. The third kappa shape index (κ3) is 4.09. The molecule has 15 heavy (non-hydrogen) atoms. The van der Waals surface area contributed by atoms with Gasteiger partial charge in [0.15, 0.2) is 0 Å². The van der Waals surface area contributed by atoms with Gasteiger partial charge in [0.1, 0.15) is 0 Å². The van der Waals surface area contributed by atoms with E-state index < -0.39 is 0 Å². The van der Waals surface area contributed by atoms with E-state index in [1.807, 2.05) is 7.11 Å². The van der Waals surface area contributed by atoms with Crippen LogP contribution in [-0.2, 0) is 4.74 Å². The molecule has 1 aliphatic rings. The number of likely N-dealkylation sites (tertiary alicyclic amines) is 1. The Hall–Kier alpha value is -0.120. The fourth-order valence-corrected chi connectivity index (χ4v) is 2.45. The zero-order valence-corrected chi connectivity index (χ0v) is 10.5. The molecule has 1 rings (SSSR count). The molecule has 2 unspecified atom stereocenters. The van der Waals surface area contributed by atoms with Crippen molar-refractivity contribution in [3.8, 4) is 0 Å². The minimum Gasteiger partial charge on any atom is -0.377 e. The quantitative estimate of drug-likeness (QED) is 0.753. The summed E-state index contributed by atoms with van der Waals surface area (Å²) in [6.45, 7) is 8.75. The summed E-state index contributed by atoms with van der Waals surface area (Å²) in [6.07, 6.45) is 3.56. The standard InChI is InChI=1S/C12H26N2O/c1-11(5-7-13)9-14-8-4-6-12(2,10-14)15-3/h11H,4-10,13H2,1-3H3. The van der Waals surface area contributed by atoms with E-state index in [0.29, 0.717) is 5.92 Å². The lowest BCUT2D eigenvalue weighted by molar-refractivity contribution is -0.0533. The first-order valence-corrected chi connectivity index (χ1v) is 6.07. The van der Waals surface area contributed by atoms with E-state index in [1.54, 1.807) is 0 Å². The van der Waals surface area contributed by atoms with Gasteiger partial charge < -0.3 is 15.4 Å². The van der Waals surface area contributed by atoms with E-state index >= 15 is 0 Å². The van der Waals surface area contributed by atoms with E-state index in [4.69, 9.17) is 10.5 Å². The molecule has 0 aromatic rings. The highest BCUT2D eigenvalue weighted by atomic mass is 16.5. The van der Waals surface area contributed by atoms with Gasteiger partial charge in [-0.05, 0) is 45.2 Å². The summed E-state index contributed by atoms with van der Waals surface area (Å²) in [4.78, 5) is 2.52. The monoisotopic (exact) mass is 214 g/mol. The average Bonchev–Trinajstić information content (AvgIpc) is 2.18. The Morgan fingerprint density at radius 2 is 2.27 bits per heavy atom. The van der Waals surface area contributed by atoms with Crippen molar-refractivity contribution in [3.05, 3.63) is 0 Å². The molecule has 1 aliphatic heterocycles. The van der Waals surface area contributed by atoms with Gasteiger partial charge in [-0.15, -0.1) is 0 Å². The Balaban J connectivity index is 2.36. The lowest BCUT2D eigenvalue weighted by Crippen LogP contribution is -2.48.